The Kier molecular flexibility index (Phi) is 6.54. The zero-order valence-corrected chi connectivity index (χ0v) is 13.0. The van der Waals surface area contributed by atoms with Gasteiger partial charge in [-0.3, -0.25) is 0 Å². The van der Waals surface area contributed by atoms with Gasteiger partial charge in [0, 0.05) is 23.9 Å². The van der Waals surface area contributed by atoms with Crippen molar-refractivity contribution >= 4 is 35.8 Å². The summed E-state index contributed by atoms with van der Waals surface area (Å²) >= 11 is 0. The van der Waals surface area contributed by atoms with Gasteiger partial charge in [-0.05, 0) is 41.5 Å². The maximum absolute atomic E-state index is 11.1. The number of hydrogen-bond acceptors (Lipinski definition) is 4. The molecular weight excluding hydrogens is 303 g/mol. The molecule has 0 rings (SSSR count). The molecule has 0 aromatic carbocycles. The maximum atomic E-state index is 11.1. The summed E-state index contributed by atoms with van der Waals surface area (Å²) in [6.45, 7) is 10.1. The second kappa shape index (κ2) is 5.72. The molecule has 0 aliphatic rings. The van der Waals surface area contributed by atoms with Crippen LogP contribution in [-0.4, -0.2) is 47.0 Å². The van der Waals surface area contributed by atoms with Crippen LogP contribution in [0.2, 0.25) is 0 Å². The summed E-state index contributed by atoms with van der Waals surface area (Å²) in [5, 5.41) is 0. The van der Waals surface area contributed by atoms with Gasteiger partial charge in [0.15, 0.2) is 0 Å². The molecular formula is C10H18O4Sn. The van der Waals surface area contributed by atoms with Gasteiger partial charge in [-0.25, -0.2) is 9.59 Å². The molecule has 0 aromatic rings. The molecule has 15 heavy (non-hydrogen) atoms. The molecule has 0 N–H and O–H groups in total. The molecule has 4 nitrogen and oxygen atoms in total. The van der Waals surface area contributed by atoms with E-state index in [0.717, 1.165) is 0 Å². The molecule has 0 heterocycles. The van der Waals surface area contributed by atoms with Gasteiger partial charge in [0.25, 0.3) is 0 Å². The van der Waals surface area contributed by atoms with Crippen LogP contribution in [0.25, 0.3) is 0 Å². The Morgan fingerprint density at radius 1 is 0.733 bits per heavy atom. The van der Waals surface area contributed by atoms with Crippen LogP contribution in [-0.2, 0) is 19.1 Å². The second-order valence-corrected chi connectivity index (χ2v) is 5.00. The predicted molar refractivity (Wildman–Crippen MR) is 57.4 cm³/mol. The first kappa shape index (κ1) is 17.1. The van der Waals surface area contributed by atoms with Crippen LogP contribution >= 0.6 is 0 Å². The predicted octanol–water partition coefficient (Wildman–Crippen LogP) is 1.29. The first-order valence-corrected chi connectivity index (χ1v) is 4.47. The third kappa shape index (κ3) is 10.0. The smallest absolute Gasteiger partial charge is 0.418 e. The van der Waals surface area contributed by atoms with Crippen LogP contribution in [0.5, 0.6) is 0 Å². The number of hydrogen-bond donors (Lipinski definition) is 0. The molecule has 0 aliphatic heterocycles. The third-order valence-electron chi connectivity index (χ3n) is 0.964. The molecule has 86 valence electrons. The molecule has 0 amide bonds. The van der Waals surface area contributed by atoms with E-state index in [9.17, 15) is 9.59 Å². The van der Waals surface area contributed by atoms with Crippen molar-refractivity contribution in [1.82, 2.24) is 0 Å². The molecule has 0 bridgehead atoms. The Morgan fingerprint density at radius 2 is 0.933 bits per heavy atom. The van der Waals surface area contributed by atoms with Crippen molar-refractivity contribution in [2.75, 3.05) is 0 Å². The monoisotopic (exact) mass is 322 g/mol. The average Bonchev–Trinajstić information content (AvgIpc) is 1.78. The van der Waals surface area contributed by atoms with Crippen molar-refractivity contribution in [3.63, 3.8) is 0 Å². The van der Waals surface area contributed by atoms with E-state index in [-0.39, 0.29) is 23.9 Å². The first-order chi connectivity index (χ1) is 6.01. The SMILES string of the molecule is CC(C)(C)OC(=O)C(=O)OC(C)(C)C.[Sn]. The molecule has 0 atom stereocenters. The maximum Gasteiger partial charge on any atom is 0.418 e. The number of ether oxygens (including phenoxy) is 2. The summed E-state index contributed by atoms with van der Waals surface area (Å²) in [6.07, 6.45) is 0. The molecule has 0 aliphatic carbocycles. The van der Waals surface area contributed by atoms with Crippen molar-refractivity contribution in [2.45, 2.75) is 52.7 Å². The summed E-state index contributed by atoms with van der Waals surface area (Å²) in [4.78, 5) is 22.3. The molecule has 0 spiro atoms. The summed E-state index contributed by atoms with van der Waals surface area (Å²) in [5.74, 6) is -1.90. The van der Waals surface area contributed by atoms with E-state index >= 15 is 0 Å². The van der Waals surface area contributed by atoms with Gasteiger partial charge < -0.3 is 9.47 Å². The quantitative estimate of drug-likeness (QED) is 0.383. The van der Waals surface area contributed by atoms with E-state index in [1.807, 2.05) is 0 Å². The van der Waals surface area contributed by atoms with Gasteiger partial charge in [0.1, 0.15) is 11.2 Å². The van der Waals surface area contributed by atoms with Gasteiger partial charge in [0.2, 0.25) is 0 Å². The standard InChI is InChI=1S/C10H18O4.Sn/c1-9(2,3)13-7(11)8(12)14-10(4,5)6;/h1-6H3;. The number of esters is 2. The third-order valence-corrected chi connectivity index (χ3v) is 0.964. The summed E-state index contributed by atoms with van der Waals surface area (Å²) < 4.78 is 9.66. The Bertz CT molecular complexity index is 209. The Morgan fingerprint density at radius 3 is 1.07 bits per heavy atom. The first-order valence-electron chi connectivity index (χ1n) is 4.47. The number of carbonyl (C=O) groups excluding carboxylic acids is 2. The molecule has 0 saturated carbocycles. The topological polar surface area (TPSA) is 52.6 Å². The van der Waals surface area contributed by atoms with E-state index in [0.29, 0.717) is 0 Å². The van der Waals surface area contributed by atoms with Gasteiger partial charge in [-0.15, -0.1) is 0 Å². The molecule has 0 saturated heterocycles. The van der Waals surface area contributed by atoms with E-state index in [4.69, 9.17) is 9.47 Å². The Balaban J connectivity index is 0. The Hall–Kier alpha value is -0.261. The van der Waals surface area contributed by atoms with Crippen molar-refractivity contribution in [3.8, 4) is 0 Å². The fraction of sp³-hybridized carbons (Fsp3) is 0.800. The normalized spacial score (nSPS) is 11.3. The van der Waals surface area contributed by atoms with Crippen molar-refractivity contribution < 1.29 is 19.1 Å². The molecule has 0 fully saturated rings. The van der Waals surface area contributed by atoms with E-state index in [1.54, 1.807) is 41.5 Å². The van der Waals surface area contributed by atoms with Gasteiger partial charge in [0.05, 0.1) is 0 Å². The average molecular weight is 321 g/mol. The van der Waals surface area contributed by atoms with Gasteiger partial charge >= 0.3 is 11.9 Å². The van der Waals surface area contributed by atoms with Gasteiger partial charge in [-0.2, -0.15) is 0 Å². The molecule has 0 unspecified atom stereocenters. The van der Waals surface area contributed by atoms with E-state index < -0.39 is 23.1 Å². The van der Waals surface area contributed by atoms with Crippen LogP contribution in [0.4, 0.5) is 0 Å². The summed E-state index contributed by atoms with van der Waals surface area (Å²) in [7, 11) is 0. The fourth-order valence-electron chi connectivity index (χ4n) is 0.640. The van der Waals surface area contributed by atoms with Crippen LogP contribution in [0, 0.1) is 0 Å². The molecule has 0 aromatic heterocycles. The van der Waals surface area contributed by atoms with Crippen molar-refractivity contribution in [3.05, 3.63) is 0 Å². The minimum Gasteiger partial charge on any atom is -0.452 e. The number of carbonyl (C=O) groups is 2. The zero-order valence-electron chi connectivity index (χ0n) is 10.1. The van der Waals surface area contributed by atoms with Crippen molar-refractivity contribution in [1.29, 1.82) is 0 Å². The van der Waals surface area contributed by atoms with Gasteiger partial charge in [-0.1, -0.05) is 0 Å². The van der Waals surface area contributed by atoms with Crippen LogP contribution in [0.3, 0.4) is 0 Å². The number of rotatable bonds is 0. The summed E-state index contributed by atoms with van der Waals surface area (Å²) in [5.41, 5.74) is -1.35. The van der Waals surface area contributed by atoms with Crippen LogP contribution in [0.15, 0.2) is 0 Å². The van der Waals surface area contributed by atoms with Crippen molar-refractivity contribution in [2.24, 2.45) is 0 Å². The Labute approximate surface area is 108 Å². The van der Waals surface area contributed by atoms with E-state index in [2.05, 4.69) is 0 Å². The van der Waals surface area contributed by atoms with Crippen LogP contribution in [0.1, 0.15) is 41.5 Å². The zero-order chi connectivity index (χ0) is 11.6. The largest absolute Gasteiger partial charge is 0.452 e. The summed E-state index contributed by atoms with van der Waals surface area (Å²) in [6, 6.07) is 0. The molecule has 5 heteroatoms. The van der Waals surface area contributed by atoms with Crippen LogP contribution < -0.4 is 0 Å². The minimum absolute atomic E-state index is 0. The second-order valence-electron chi connectivity index (χ2n) is 5.00. The fourth-order valence-corrected chi connectivity index (χ4v) is 0.640. The van der Waals surface area contributed by atoms with E-state index in [1.165, 1.54) is 0 Å². The molecule has 4 radical (unpaired) electrons. The minimum atomic E-state index is -0.951.